The second-order valence-corrected chi connectivity index (χ2v) is 5.56. The minimum Gasteiger partial charge on any atom is -0.376 e. The number of halogens is 2. The highest BCUT2D eigenvalue weighted by atomic mass is 35.5. The van der Waals surface area contributed by atoms with Crippen molar-refractivity contribution in [2.45, 2.75) is 31.5 Å². The maximum atomic E-state index is 6.09. The number of rotatable bonds is 4. The minimum atomic E-state index is 0. The topological polar surface area (TPSA) is 43.4 Å². The average molecular weight is 335 g/mol. The maximum Gasteiger partial charge on any atom is 0.0856 e. The first-order valence-corrected chi connectivity index (χ1v) is 7.20. The molecule has 3 rings (SSSR count). The molecule has 1 aromatic rings. The van der Waals surface area contributed by atoms with Crippen LogP contribution in [-0.4, -0.2) is 36.9 Å². The summed E-state index contributed by atoms with van der Waals surface area (Å²) in [6.07, 6.45) is 7.29. The highest BCUT2D eigenvalue weighted by Crippen LogP contribution is 2.39. The lowest BCUT2D eigenvalue weighted by Gasteiger charge is -2.39. The van der Waals surface area contributed by atoms with Gasteiger partial charge in [0.25, 0.3) is 0 Å². The first kappa shape index (κ1) is 18.7. The molecular formula is C15H24Cl2N2O2. The van der Waals surface area contributed by atoms with Gasteiger partial charge in [0.1, 0.15) is 0 Å². The van der Waals surface area contributed by atoms with E-state index in [-0.39, 0.29) is 30.4 Å². The largest absolute Gasteiger partial charge is 0.376 e. The molecule has 2 atom stereocenters. The van der Waals surface area contributed by atoms with Gasteiger partial charge in [-0.05, 0) is 24.5 Å². The molecular weight excluding hydrogens is 311 g/mol. The summed E-state index contributed by atoms with van der Waals surface area (Å²) >= 11 is 0. The third kappa shape index (κ3) is 4.54. The van der Waals surface area contributed by atoms with Crippen LogP contribution in [0.25, 0.3) is 0 Å². The summed E-state index contributed by atoms with van der Waals surface area (Å²) in [4.78, 5) is 4.10. The normalized spacial score (nSPS) is 27.9. The molecule has 4 nitrogen and oxygen atoms in total. The van der Waals surface area contributed by atoms with E-state index in [0.29, 0.717) is 12.5 Å². The van der Waals surface area contributed by atoms with Gasteiger partial charge in [0.15, 0.2) is 0 Å². The summed E-state index contributed by atoms with van der Waals surface area (Å²) in [5.41, 5.74) is 1.17. The SMILES string of the molecule is Cl.Cl.c1cncc(COC[C@@H]2CCC[C@@]23CNCCO3)c1. The number of hydrogen-bond acceptors (Lipinski definition) is 4. The van der Waals surface area contributed by atoms with Crippen LogP contribution in [0.2, 0.25) is 0 Å². The lowest BCUT2D eigenvalue weighted by atomic mass is 9.90. The van der Waals surface area contributed by atoms with Gasteiger partial charge < -0.3 is 14.8 Å². The number of aromatic nitrogens is 1. The Morgan fingerprint density at radius 2 is 2.33 bits per heavy atom. The Balaban J connectivity index is 0.00000110. The van der Waals surface area contributed by atoms with Crippen molar-refractivity contribution >= 4 is 24.8 Å². The molecule has 0 radical (unpaired) electrons. The van der Waals surface area contributed by atoms with Gasteiger partial charge in [-0.2, -0.15) is 0 Å². The predicted octanol–water partition coefficient (Wildman–Crippen LogP) is 2.60. The molecule has 0 aromatic carbocycles. The van der Waals surface area contributed by atoms with Gasteiger partial charge in [0.2, 0.25) is 0 Å². The smallest absolute Gasteiger partial charge is 0.0856 e. The average Bonchev–Trinajstić information content (AvgIpc) is 2.83. The van der Waals surface area contributed by atoms with E-state index in [1.807, 2.05) is 12.3 Å². The molecule has 6 heteroatoms. The van der Waals surface area contributed by atoms with Crippen LogP contribution in [0.1, 0.15) is 24.8 Å². The number of morpholine rings is 1. The molecule has 0 amide bonds. The Bertz CT molecular complexity index is 400. The third-order valence-electron chi connectivity index (χ3n) is 4.30. The molecule has 1 aromatic heterocycles. The van der Waals surface area contributed by atoms with Gasteiger partial charge in [-0.15, -0.1) is 24.8 Å². The van der Waals surface area contributed by atoms with E-state index in [1.54, 1.807) is 6.20 Å². The van der Waals surface area contributed by atoms with Crippen LogP contribution in [0, 0.1) is 5.92 Å². The summed E-state index contributed by atoms with van der Waals surface area (Å²) < 4.78 is 12.0. The summed E-state index contributed by atoms with van der Waals surface area (Å²) in [6.45, 7) is 4.22. The van der Waals surface area contributed by atoms with Gasteiger partial charge in [0.05, 0.1) is 25.4 Å². The fourth-order valence-corrected chi connectivity index (χ4v) is 3.25. The molecule has 1 aliphatic heterocycles. The third-order valence-corrected chi connectivity index (χ3v) is 4.30. The zero-order chi connectivity index (χ0) is 13.0. The zero-order valence-electron chi connectivity index (χ0n) is 12.1. The fourth-order valence-electron chi connectivity index (χ4n) is 3.25. The molecule has 0 unspecified atom stereocenters. The van der Waals surface area contributed by atoms with E-state index >= 15 is 0 Å². The van der Waals surface area contributed by atoms with Crippen LogP contribution in [0.3, 0.4) is 0 Å². The van der Waals surface area contributed by atoms with Crippen LogP contribution in [-0.2, 0) is 16.1 Å². The molecule has 2 heterocycles. The van der Waals surface area contributed by atoms with Crippen LogP contribution < -0.4 is 5.32 Å². The van der Waals surface area contributed by atoms with E-state index in [2.05, 4.69) is 16.4 Å². The van der Waals surface area contributed by atoms with E-state index in [0.717, 1.165) is 31.9 Å². The van der Waals surface area contributed by atoms with E-state index in [4.69, 9.17) is 9.47 Å². The summed E-state index contributed by atoms with van der Waals surface area (Å²) in [5, 5.41) is 3.47. The zero-order valence-corrected chi connectivity index (χ0v) is 13.8. The standard InChI is InChI=1S/C15H22N2O2.2ClH/c1-4-14(15(5-1)12-17-7-8-19-15)11-18-10-13-3-2-6-16-9-13;;/h2-3,6,9,14,17H,1,4-5,7-8,10-12H2;2*1H/t14-,15+;;/m0../s1. The Hall–Kier alpha value is -0.390. The fraction of sp³-hybridized carbons (Fsp3) is 0.667. The predicted molar refractivity (Wildman–Crippen MR) is 87.3 cm³/mol. The number of ether oxygens (including phenoxy) is 2. The van der Waals surface area contributed by atoms with Crippen molar-refractivity contribution in [1.82, 2.24) is 10.3 Å². The summed E-state index contributed by atoms with van der Waals surface area (Å²) in [7, 11) is 0. The van der Waals surface area contributed by atoms with Crippen molar-refractivity contribution in [3.8, 4) is 0 Å². The van der Waals surface area contributed by atoms with Crippen molar-refractivity contribution < 1.29 is 9.47 Å². The van der Waals surface area contributed by atoms with Crippen molar-refractivity contribution in [3.63, 3.8) is 0 Å². The minimum absolute atomic E-state index is 0. The molecule has 1 saturated carbocycles. The van der Waals surface area contributed by atoms with Crippen LogP contribution >= 0.6 is 24.8 Å². The summed E-state index contributed by atoms with van der Waals surface area (Å²) in [6, 6.07) is 4.00. The number of pyridine rings is 1. The first-order chi connectivity index (χ1) is 9.39. The Morgan fingerprint density at radius 1 is 1.43 bits per heavy atom. The summed E-state index contributed by atoms with van der Waals surface area (Å²) in [5.74, 6) is 0.525. The number of hydrogen-bond donors (Lipinski definition) is 1. The molecule has 1 N–H and O–H groups in total. The van der Waals surface area contributed by atoms with Crippen molar-refractivity contribution in [3.05, 3.63) is 30.1 Å². The Kier molecular flexibility index (Phi) is 7.92. The van der Waals surface area contributed by atoms with Gasteiger partial charge in [-0.3, -0.25) is 4.98 Å². The molecule has 120 valence electrons. The highest BCUT2D eigenvalue weighted by molar-refractivity contribution is 5.85. The molecule has 1 saturated heterocycles. The maximum absolute atomic E-state index is 6.09. The Morgan fingerprint density at radius 3 is 3.05 bits per heavy atom. The second kappa shape index (κ2) is 8.91. The van der Waals surface area contributed by atoms with Crippen LogP contribution in [0.15, 0.2) is 24.5 Å². The highest BCUT2D eigenvalue weighted by Gasteiger charge is 2.44. The van der Waals surface area contributed by atoms with Gasteiger partial charge in [0, 0.05) is 31.4 Å². The quantitative estimate of drug-likeness (QED) is 0.919. The lowest BCUT2D eigenvalue weighted by Crippen LogP contribution is -2.52. The van der Waals surface area contributed by atoms with Gasteiger partial charge >= 0.3 is 0 Å². The van der Waals surface area contributed by atoms with Gasteiger partial charge in [-0.25, -0.2) is 0 Å². The monoisotopic (exact) mass is 334 g/mol. The van der Waals surface area contributed by atoms with Crippen molar-refractivity contribution in [2.75, 3.05) is 26.3 Å². The Labute approximate surface area is 138 Å². The molecule has 1 spiro atoms. The van der Waals surface area contributed by atoms with E-state index < -0.39 is 0 Å². The molecule has 0 bridgehead atoms. The number of nitrogens with zero attached hydrogens (tertiary/aromatic N) is 1. The number of nitrogens with one attached hydrogen (secondary N) is 1. The van der Waals surface area contributed by atoms with Gasteiger partial charge in [-0.1, -0.05) is 12.5 Å². The molecule has 1 aliphatic carbocycles. The molecule has 2 aliphatic rings. The van der Waals surface area contributed by atoms with Crippen molar-refractivity contribution in [2.24, 2.45) is 5.92 Å². The van der Waals surface area contributed by atoms with Crippen LogP contribution in [0.4, 0.5) is 0 Å². The molecule has 2 fully saturated rings. The van der Waals surface area contributed by atoms with E-state index in [9.17, 15) is 0 Å². The second-order valence-electron chi connectivity index (χ2n) is 5.56. The van der Waals surface area contributed by atoms with Crippen LogP contribution in [0.5, 0.6) is 0 Å². The molecule has 21 heavy (non-hydrogen) atoms. The first-order valence-electron chi connectivity index (χ1n) is 7.20. The van der Waals surface area contributed by atoms with Crippen molar-refractivity contribution in [1.29, 1.82) is 0 Å². The van der Waals surface area contributed by atoms with E-state index in [1.165, 1.54) is 19.3 Å². The lowest BCUT2D eigenvalue weighted by molar-refractivity contribution is -0.108.